The molecule has 2 rings (SSSR count). The second-order valence-electron chi connectivity index (χ2n) is 2.56. The molecular weight excluding hydrogens is 173 g/mol. The molecule has 0 saturated heterocycles. The van der Waals surface area contributed by atoms with Crippen molar-refractivity contribution in [3.63, 3.8) is 0 Å². The molecule has 0 amide bonds. The van der Waals surface area contributed by atoms with Gasteiger partial charge in [-0.2, -0.15) is 0 Å². The van der Waals surface area contributed by atoms with Crippen molar-refractivity contribution in [2.45, 2.75) is 0 Å². The summed E-state index contributed by atoms with van der Waals surface area (Å²) in [4.78, 5) is 10.7. The van der Waals surface area contributed by atoms with Crippen molar-refractivity contribution in [3.05, 3.63) is 46.6 Å². The minimum atomic E-state index is -0.516. The number of aromatic nitrogens is 1. The molecule has 4 heteroatoms. The summed E-state index contributed by atoms with van der Waals surface area (Å²) in [5.74, 6) is -0.389. The fraction of sp³-hybridized carbons (Fsp3) is 0. The Kier molecular flexibility index (Phi) is 1.73. The number of rotatable bonds is 1. The first kappa shape index (κ1) is 7.79. The van der Waals surface area contributed by atoms with E-state index in [2.05, 4.69) is 9.68 Å². The van der Waals surface area contributed by atoms with Gasteiger partial charge in [-0.15, -0.1) is 0 Å². The summed E-state index contributed by atoms with van der Waals surface area (Å²) in [6, 6.07) is 7.36. The van der Waals surface area contributed by atoms with Crippen LogP contribution in [0.5, 0.6) is 0 Å². The number of hydrogen-bond donors (Lipinski definition) is 1. The van der Waals surface area contributed by atoms with Crippen molar-refractivity contribution in [2.75, 3.05) is 0 Å². The molecule has 13 heavy (non-hydrogen) atoms. The lowest BCUT2D eigenvalue weighted by Gasteiger charge is -1.96. The van der Waals surface area contributed by atoms with Gasteiger partial charge in [0.2, 0.25) is 0 Å². The van der Waals surface area contributed by atoms with Gasteiger partial charge in [-0.1, -0.05) is 12.1 Å². The van der Waals surface area contributed by atoms with Crippen LogP contribution in [0.25, 0.3) is 11.3 Å². The number of H-pyrrole nitrogens is 1. The highest BCUT2D eigenvalue weighted by Gasteiger charge is 2.06. The Balaban J connectivity index is 2.58. The van der Waals surface area contributed by atoms with Crippen LogP contribution in [0.1, 0.15) is 0 Å². The highest BCUT2D eigenvalue weighted by Crippen LogP contribution is 2.18. The molecule has 2 aromatic rings. The van der Waals surface area contributed by atoms with E-state index < -0.39 is 5.63 Å². The van der Waals surface area contributed by atoms with Crippen LogP contribution < -0.4 is 5.63 Å². The molecule has 0 aliphatic rings. The zero-order chi connectivity index (χ0) is 9.26. The number of halogens is 1. The summed E-state index contributed by atoms with van der Waals surface area (Å²) >= 11 is 0. The second kappa shape index (κ2) is 2.90. The van der Waals surface area contributed by atoms with Gasteiger partial charge < -0.3 is 4.52 Å². The molecule has 1 N–H and O–H groups in total. The summed E-state index contributed by atoms with van der Waals surface area (Å²) < 4.78 is 17.5. The molecule has 0 spiro atoms. The monoisotopic (exact) mass is 179 g/mol. The molecule has 0 aliphatic carbocycles. The van der Waals surface area contributed by atoms with Crippen molar-refractivity contribution in [1.82, 2.24) is 5.16 Å². The summed E-state index contributed by atoms with van der Waals surface area (Å²) in [6.07, 6.45) is 0. The van der Waals surface area contributed by atoms with Crippen LogP contribution in [-0.2, 0) is 0 Å². The van der Waals surface area contributed by atoms with Crippen LogP contribution in [0, 0.1) is 5.82 Å². The zero-order valence-electron chi connectivity index (χ0n) is 6.58. The number of hydrogen-bond acceptors (Lipinski definition) is 2. The van der Waals surface area contributed by atoms with Crippen molar-refractivity contribution >= 4 is 0 Å². The van der Waals surface area contributed by atoms with Crippen molar-refractivity contribution < 1.29 is 8.91 Å². The van der Waals surface area contributed by atoms with E-state index in [0.29, 0.717) is 11.3 Å². The summed E-state index contributed by atoms with van der Waals surface area (Å²) in [5, 5.41) is 2.34. The van der Waals surface area contributed by atoms with Gasteiger partial charge in [-0.3, -0.25) is 0 Å². The van der Waals surface area contributed by atoms with Crippen LogP contribution in [0.3, 0.4) is 0 Å². The maximum absolute atomic E-state index is 13.1. The second-order valence-corrected chi connectivity index (χ2v) is 2.56. The van der Waals surface area contributed by atoms with Crippen molar-refractivity contribution in [3.8, 4) is 11.3 Å². The van der Waals surface area contributed by atoms with E-state index in [1.54, 1.807) is 18.2 Å². The fourth-order valence-corrected chi connectivity index (χ4v) is 1.09. The van der Waals surface area contributed by atoms with Crippen LogP contribution in [0.2, 0.25) is 0 Å². The lowest BCUT2D eigenvalue weighted by Crippen LogP contribution is -1.86. The van der Waals surface area contributed by atoms with Gasteiger partial charge in [0.15, 0.2) is 0 Å². The highest BCUT2D eigenvalue weighted by atomic mass is 19.1. The molecule has 1 aromatic heterocycles. The van der Waals surface area contributed by atoms with Crippen molar-refractivity contribution in [1.29, 1.82) is 0 Å². The summed E-state index contributed by atoms with van der Waals surface area (Å²) in [7, 11) is 0. The first-order valence-corrected chi connectivity index (χ1v) is 3.71. The van der Waals surface area contributed by atoms with E-state index in [0.717, 1.165) is 0 Å². The van der Waals surface area contributed by atoms with Gasteiger partial charge in [0.1, 0.15) is 5.82 Å². The molecule has 0 atom stereocenters. The van der Waals surface area contributed by atoms with E-state index in [1.165, 1.54) is 12.1 Å². The Bertz CT molecular complexity index is 472. The van der Waals surface area contributed by atoms with Gasteiger partial charge in [-0.05, 0) is 12.1 Å². The Hall–Kier alpha value is -1.84. The SMILES string of the molecule is O=c1cc(-c2ccccc2F)[nH]o1. The van der Waals surface area contributed by atoms with E-state index in [-0.39, 0.29) is 5.82 Å². The predicted molar refractivity (Wildman–Crippen MR) is 44.7 cm³/mol. The van der Waals surface area contributed by atoms with Crippen LogP contribution in [0.15, 0.2) is 39.6 Å². The topological polar surface area (TPSA) is 46.0 Å². The Morgan fingerprint density at radius 3 is 2.69 bits per heavy atom. The Morgan fingerprint density at radius 1 is 1.31 bits per heavy atom. The molecule has 0 unspecified atom stereocenters. The third-order valence-electron chi connectivity index (χ3n) is 1.69. The van der Waals surface area contributed by atoms with Gasteiger partial charge in [0.25, 0.3) is 0 Å². The standard InChI is InChI=1S/C9H6FNO2/c10-7-4-2-1-3-6(7)8-5-9(12)13-11-8/h1-5,11H. The molecule has 66 valence electrons. The average Bonchev–Trinajstić information content (AvgIpc) is 2.53. The smallest absolute Gasteiger partial charge is 0.339 e. The van der Waals surface area contributed by atoms with E-state index >= 15 is 0 Å². The van der Waals surface area contributed by atoms with Gasteiger partial charge in [0.05, 0.1) is 11.8 Å². The van der Waals surface area contributed by atoms with Gasteiger partial charge in [-0.25, -0.2) is 14.3 Å². The minimum absolute atomic E-state index is 0.327. The summed E-state index contributed by atoms with van der Waals surface area (Å²) in [6.45, 7) is 0. The highest BCUT2D eigenvalue weighted by molar-refractivity contribution is 5.58. The average molecular weight is 179 g/mol. The molecule has 0 fully saturated rings. The molecule has 1 aromatic carbocycles. The fourth-order valence-electron chi connectivity index (χ4n) is 1.09. The lowest BCUT2D eigenvalue weighted by atomic mass is 10.1. The third-order valence-corrected chi connectivity index (χ3v) is 1.69. The Morgan fingerprint density at radius 2 is 2.08 bits per heavy atom. The van der Waals surface area contributed by atoms with Gasteiger partial charge in [0, 0.05) is 5.56 Å². The first-order chi connectivity index (χ1) is 6.27. The molecule has 1 heterocycles. The molecule has 3 nitrogen and oxygen atoms in total. The van der Waals surface area contributed by atoms with E-state index in [4.69, 9.17) is 0 Å². The molecule has 0 radical (unpaired) electrons. The Labute approximate surface area is 72.8 Å². The minimum Gasteiger partial charge on any atom is -0.339 e. The normalized spacial score (nSPS) is 10.2. The third kappa shape index (κ3) is 1.38. The van der Waals surface area contributed by atoms with Gasteiger partial charge >= 0.3 is 5.63 Å². The zero-order valence-corrected chi connectivity index (χ0v) is 6.58. The number of nitrogens with one attached hydrogen (secondary N) is 1. The molecule has 0 bridgehead atoms. The van der Waals surface area contributed by atoms with Crippen molar-refractivity contribution in [2.24, 2.45) is 0 Å². The van der Waals surface area contributed by atoms with Crippen LogP contribution in [0.4, 0.5) is 4.39 Å². The van der Waals surface area contributed by atoms with Crippen LogP contribution in [-0.4, -0.2) is 5.16 Å². The first-order valence-electron chi connectivity index (χ1n) is 3.71. The molecule has 0 saturated carbocycles. The predicted octanol–water partition coefficient (Wildman–Crippen LogP) is 1.77. The molecular formula is C9H6FNO2. The summed E-state index contributed by atoms with van der Waals surface area (Å²) in [5.41, 5.74) is 0.162. The van der Waals surface area contributed by atoms with Crippen LogP contribution >= 0.6 is 0 Å². The largest absolute Gasteiger partial charge is 0.357 e. The lowest BCUT2D eigenvalue weighted by molar-refractivity contribution is 0.393. The number of benzene rings is 1. The quantitative estimate of drug-likeness (QED) is 0.725. The van der Waals surface area contributed by atoms with E-state index in [9.17, 15) is 9.18 Å². The van der Waals surface area contributed by atoms with E-state index in [1.807, 2.05) is 0 Å². The maximum Gasteiger partial charge on any atom is 0.357 e. The molecule has 0 aliphatic heterocycles. The maximum atomic E-state index is 13.1. The number of aromatic amines is 1.